The molecule has 1 aromatic rings. The number of aliphatic hydroxyl groups excluding tert-OH is 1. The molecule has 0 spiro atoms. The molecule has 15 heavy (non-hydrogen) atoms. The lowest BCUT2D eigenvalue weighted by Gasteiger charge is -2.06. The Hall–Kier alpha value is -1.27. The summed E-state index contributed by atoms with van der Waals surface area (Å²) in [7, 11) is 0. The maximum Gasteiger partial charge on any atom is 0.145 e. The first kappa shape index (κ1) is 11.8. The van der Waals surface area contributed by atoms with E-state index in [9.17, 15) is 0 Å². The molecule has 6 N–H and O–H groups in total. The van der Waals surface area contributed by atoms with Gasteiger partial charge in [-0.1, -0.05) is 0 Å². The molecule has 1 atom stereocenters. The molecule has 0 aliphatic rings. The van der Waals surface area contributed by atoms with E-state index in [-0.39, 0.29) is 6.04 Å². The van der Waals surface area contributed by atoms with Crippen molar-refractivity contribution in [3.63, 3.8) is 0 Å². The lowest BCUT2D eigenvalue weighted by atomic mass is 10.3. The summed E-state index contributed by atoms with van der Waals surface area (Å²) >= 11 is 0. The van der Waals surface area contributed by atoms with Crippen LogP contribution in [0.25, 0.3) is 0 Å². The van der Waals surface area contributed by atoms with Gasteiger partial charge < -0.3 is 16.6 Å². The molecule has 0 radical (unpaired) electrons. The van der Waals surface area contributed by atoms with Crippen LogP contribution >= 0.6 is 0 Å². The van der Waals surface area contributed by atoms with Crippen molar-refractivity contribution in [2.75, 3.05) is 11.5 Å². The highest BCUT2D eigenvalue weighted by molar-refractivity contribution is 5.62. The summed E-state index contributed by atoms with van der Waals surface area (Å²) < 4.78 is 1.67. The van der Waals surface area contributed by atoms with Gasteiger partial charge in [-0.25, -0.2) is 4.68 Å². The van der Waals surface area contributed by atoms with Gasteiger partial charge in [-0.2, -0.15) is 5.10 Å². The Kier molecular flexibility index (Phi) is 3.54. The quantitative estimate of drug-likeness (QED) is 0.529. The molecule has 0 aromatic carbocycles. The normalized spacial score (nSPS) is 13.4. The van der Waals surface area contributed by atoms with Crippen LogP contribution in [-0.4, -0.2) is 21.1 Å². The summed E-state index contributed by atoms with van der Waals surface area (Å²) in [6.07, 6.45) is -0.588. The maximum atomic E-state index is 9.07. The summed E-state index contributed by atoms with van der Waals surface area (Å²) in [6.45, 7) is 6.01. The number of hydrogen-bond acceptors (Lipinski definition) is 5. The number of aromatic nitrogens is 2. The zero-order chi connectivity index (χ0) is 11.6. The van der Waals surface area contributed by atoms with Crippen molar-refractivity contribution < 1.29 is 5.11 Å². The van der Waals surface area contributed by atoms with Crippen LogP contribution in [0, 0.1) is 0 Å². The van der Waals surface area contributed by atoms with E-state index in [4.69, 9.17) is 16.6 Å². The van der Waals surface area contributed by atoms with Gasteiger partial charge >= 0.3 is 0 Å². The zero-order valence-electron chi connectivity index (χ0n) is 9.36. The Morgan fingerprint density at radius 1 is 1.40 bits per heavy atom. The van der Waals surface area contributed by atoms with E-state index in [1.54, 1.807) is 11.6 Å². The maximum absolute atomic E-state index is 9.07. The molecule has 0 fully saturated rings. The lowest BCUT2D eigenvalue weighted by Crippen LogP contribution is -2.25. The Labute approximate surface area is 89.3 Å². The molecule has 1 heterocycles. The molecule has 1 rings (SSSR count). The monoisotopic (exact) mass is 213 g/mol. The highest BCUT2D eigenvalue weighted by Crippen LogP contribution is 2.22. The summed E-state index contributed by atoms with van der Waals surface area (Å²) in [5, 5.41) is 16.2. The minimum absolute atomic E-state index is 0.174. The largest absolute Gasteiger partial charge is 0.394 e. The van der Waals surface area contributed by atoms with E-state index in [2.05, 4.69) is 10.4 Å². The average Bonchev–Trinajstić information content (AvgIpc) is 2.41. The number of anilines is 2. The van der Waals surface area contributed by atoms with Gasteiger partial charge in [0, 0.05) is 12.6 Å². The van der Waals surface area contributed by atoms with E-state index in [0.717, 1.165) is 0 Å². The molecule has 0 aliphatic heterocycles. The van der Waals surface area contributed by atoms with Crippen molar-refractivity contribution in [2.24, 2.45) is 0 Å². The molecular formula is C9H19N5O. The van der Waals surface area contributed by atoms with Crippen molar-refractivity contribution in [3.8, 4) is 0 Å². The van der Waals surface area contributed by atoms with Gasteiger partial charge in [-0.3, -0.25) is 5.32 Å². The minimum atomic E-state index is -0.588. The summed E-state index contributed by atoms with van der Waals surface area (Å²) in [6, 6.07) is 0.174. The van der Waals surface area contributed by atoms with Crippen LogP contribution in [-0.2, 0) is 6.54 Å². The summed E-state index contributed by atoms with van der Waals surface area (Å²) in [4.78, 5) is 0. The number of nitrogen functional groups attached to an aromatic ring is 2. The number of nitrogens with one attached hydrogen (secondary N) is 1. The zero-order valence-corrected chi connectivity index (χ0v) is 9.36. The molecule has 0 saturated heterocycles. The molecule has 6 heteroatoms. The van der Waals surface area contributed by atoms with Gasteiger partial charge in [-0.05, 0) is 20.8 Å². The van der Waals surface area contributed by atoms with Crippen LogP contribution in [0.4, 0.5) is 11.5 Å². The second kappa shape index (κ2) is 4.50. The number of nitrogens with zero attached hydrogens (tertiary/aromatic N) is 2. The molecule has 0 bridgehead atoms. The Balaban J connectivity index is 2.85. The van der Waals surface area contributed by atoms with Crippen LogP contribution in [0.15, 0.2) is 0 Å². The topological polar surface area (TPSA) is 102 Å². The molecule has 0 saturated carbocycles. The van der Waals surface area contributed by atoms with Gasteiger partial charge in [-0.15, -0.1) is 0 Å². The highest BCUT2D eigenvalue weighted by atomic mass is 16.3. The van der Waals surface area contributed by atoms with Crippen molar-refractivity contribution in [1.29, 1.82) is 0 Å². The van der Waals surface area contributed by atoms with Crippen LogP contribution in [0.3, 0.4) is 0 Å². The highest BCUT2D eigenvalue weighted by Gasteiger charge is 2.14. The first-order valence-corrected chi connectivity index (χ1v) is 4.97. The molecule has 1 unspecified atom stereocenters. The van der Waals surface area contributed by atoms with E-state index in [0.29, 0.717) is 23.7 Å². The molecule has 6 nitrogen and oxygen atoms in total. The van der Waals surface area contributed by atoms with Crippen molar-refractivity contribution in [1.82, 2.24) is 15.1 Å². The second-order valence-electron chi connectivity index (χ2n) is 3.84. The molecular weight excluding hydrogens is 194 g/mol. The fourth-order valence-electron chi connectivity index (χ4n) is 1.28. The standard InChI is InChI=1S/C9H19N5O/c1-5(2)14-9(11)8(10)7(13-14)4-12-6(3)15/h5-6,12,15H,4,10-11H2,1-3H3. The SMILES string of the molecule is CC(O)NCc1nn(C(C)C)c(N)c1N. The Morgan fingerprint density at radius 2 is 2.00 bits per heavy atom. The van der Waals surface area contributed by atoms with Crippen LogP contribution < -0.4 is 16.8 Å². The third-order valence-corrected chi connectivity index (χ3v) is 2.12. The van der Waals surface area contributed by atoms with E-state index < -0.39 is 6.23 Å². The third kappa shape index (κ3) is 2.60. The molecule has 0 aliphatic carbocycles. The molecule has 86 valence electrons. The number of aliphatic hydroxyl groups is 1. The predicted molar refractivity (Wildman–Crippen MR) is 60.0 cm³/mol. The van der Waals surface area contributed by atoms with Gasteiger partial charge in [0.05, 0.1) is 5.69 Å². The fraction of sp³-hybridized carbons (Fsp3) is 0.667. The predicted octanol–water partition coefficient (Wildman–Crippen LogP) is 0.0563. The third-order valence-electron chi connectivity index (χ3n) is 2.12. The molecule has 0 amide bonds. The summed E-state index contributed by atoms with van der Waals surface area (Å²) in [5.74, 6) is 0.479. The van der Waals surface area contributed by atoms with Crippen molar-refractivity contribution >= 4 is 11.5 Å². The van der Waals surface area contributed by atoms with Gasteiger partial charge in [0.25, 0.3) is 0 Å². The number of nitrogens with two attached hydrogens (primary N) is 2. The van der Waals surface area contributed by atoms with Crippen LogP contribution in [0.2, 0.25) is 0 Å². The van der Waals surface area contributed by atoms with Gasteiger partial charge in [0.15, 0.2) is 0 Å². The second-order valence-corrected chi connectivity index (χ2v) is 3.84. The van der Waals surface area contributed by atoms with E-state index >= 15 is 0 Å². The lowest BCUT2D eigenvalue weighted by molar-refractivity contribution is 0.154. The number of rotatable bonds is 4. The van der Waals surface area contributed by atoms with Crippen LogP contribution in [0.5, 0.6) is 0 Å². The van der Waals surface area contributed by atoms with Crippen molar-refractivity contribution in [2.45, 2.75) is 39.6 Å². The van der Waals surface area contributed by atoms with Crippen LogP contribution in [0.1, 0.15) is 32.5 Å². The van der Waals surface area contributed by atoms with Gasteiger partial charge in [0.2, 0.25) is 0 Å². The Bertz CT molecular complexity index is 331. The van der Waals surface area contributed by atoms with E-state index in [1.165, 1.54) is 0 Å². The smallest absolute Gasteiger partial charge is 0.145 e. The fourth-order valence-corrected chi connectivity index (χ4v) is 1.28. The average molecular weight is 213 g/mol. The van der Waals surface area contributed by atoms with Crippen molar-refractivity contribution in [3.05, 3.63) is 5.69 Å². The minimum Gasteiger partial charge on any atom is -0.394 e. The Morgan fingerprint density at radius 3 is 2.40 bits per heavy atom. The number of hydrogen-bond donors (Lipinski definition) is 4. The first-order chi connectivity index (χ1) is 6.93. The van der Waals surface area contributed by atoms with E-state index in [1.807, 2.05) is 13.8 Å². The molecule has 1 aromatic heterocycles. The van der Waals surface area contributed by atoms with Gasteiger partial charge in [0.1, 0.15) is 17.7 Å². The first-order valence-electron chi connectivity index (χ1n) is 4.97. The summed E-state index contributed by atoms with van der Waals surface area (Å²) in [5.41, 5.74) is 12.7.